The zero-order chi connectivity index (χ0) is 73.5. The maximum absolute atomic E-state index is 14.7. The van der Waals surface area contributed by atoms with Gasteiger partial charge in [-0.05, 0) is 140 Å². The summed E-state index contributed by atoms with van der Waals surface area (Å²) < 4.78 is 113. The molecule has 0 radical (unpaired) electrons. The second kappa shape index (κ2) is 32.7. The summed E-state index contributed by atoms with van der Waals surface area (Å²) in [6.07, 6.45) is 2.43. The Balaban J connectivity index is 0.712. The number of benzene rings is 5. The second-order valence-electron chi connectivity index (χ2n) is 27.8. The number of thiazole rings is 1. The van der Waals surface area contributed by atoms with Gasteiger partial charge in [-0.15, -0.1) is 23.1 Å². The van der Waals surface area contributed by atoms with Crippen LogP contribution < -0.4 is 25.0 Å². The number of amides is 4. The van der Waals surface area contributed by atoms with Crippen molar-refractivity contribution >= 4 is 95.1 Å². The van der Waals surface area contributed by atoms with E-state index in [1.54, 1.807) is 47.7 Å². The van der Waals surface area contributed by atoms with Crippen molar-refractivity contribution in [3.05, 3.63) is 171 Å². The lowest BCUT2D eigenvalue weighted by atomic mass is 9.73. The smallest absolute Gasteiger partial charge is 0.483 e. The number of sulfone groups is 1. The number of likely N-dealkylation sites (tertiary alicyclic amines) is 1. The van der Waals surface area contributed by atoms with Crippen LogP contribution in [-0.4, -0.2) is 183 Å². The van der Waals surface area contributed by atoms with E-state index >= 15 is 0 Å². The molecule has 3 fully saturated rings. The molecular weight excluding hydrogens is 1430 g/mol. The molecule has 21 nitrogen and oxygen atoms in total. The number of alkyl halides is 3. The standard InChI is InChI=1S/C74H86ClF3N10O11S4/c1-47(2)68(65-36-48(3)82-99-65)72(93)88-43-58(89)38-63(88)71(92)79-41-53-13-12-52(69-49(4)80-46-101-69)37-64(53)98-44-67(90)87-34-28-84(29-35-87)27-25-56(45-100-59-10-8-7-9-11-59)81-62-23-22-60(39-66(62)102(94,95)74(76,77)78)103(96,97)83-70(91)51-16-20-57(21-17-51)86-32-30-85(31-33-86)42-54-40-73(5,6)26-24-61(54)50-14-18-55(75)19-15-50/h7-23,36-37,39,46-47,56,58,63,68,81,89H,24-35,38,40-45H2,1-6H3,(H,79,92)(H,83,91)/t56-,58-,63+,68+/m1/s1. The Kier molecular flexibility index (Phi) is 24.2. The molecule has 4 atom stereocenters. The number of nitrogens with zero attached hydrogens (tertiary/aromatic N) is 7. The first-order chi connectivity index (χ1) is 49.0. The van der Waals surface area contributed by atoms with Gasteiger partial charge in [-0.1, -0.05) is 92.5 Å². The molecule has 3 saturated heterocycles. The molecule has 4 N–H and O–H groups in total. The summed E-state index contributed by atoms with van der Waals surface area (Å²) >= 11 is 9.04. The maximum atomic E-state index is 14.7. The Labute approximate surface area is 612 Å². The van der Waals surface area contributed by atoms with Crippen molar-refractivity contribution in [1.82, 2.24) is 39.8 Å². The van der Waals surface area contributed by atoms with Gasteiger partial charge in [0.15, 0.2) is 6.61 Å². The molecule has 29 heteroatoms. The van der Waals surface area contributed by atoms with Crippen LogP contribution in [0.2, 0.25) is 5.02 Å². The van der Waals surface area contributed by atoms with Crippen LogP contribution in [0.4, 0.5) is 24.5 Å². The topological polar surface area (TPSA) is 257 Å². The number of piperazine rings is 2. The van der Waals surface area contributed by atoms with Gasteiger partial charge in [-0.2, -0.15) is 13.2 Å². The number of sulfonamides is 1. The van der Waals surface area contributed by atoms with Crippen LogP contribution in [0.25, 0.3) is 16.0 Å². The van der Waals surface area contributed by atoms with Crippen molar-refractivity contribution in [1.29, 1.82) is 0 Å². The van der Waals surface area contributed by atoms with Crippen molar-refractivity contribution in [2.24, 2.45) is 11.3 Å². The summed E-state index contributed by atoms with van der Waals surface area (Å²) in [5.74, 6) is -2.25. The number of anilines is 2. The molecule has 5 heterocycles. The molecule has 0 spiro atoms. The summed E-state index contributed by atoms with van der Waals surface area (Å²) in [5, 5.41) is 21.4. The van der Waals surface area contributed by atoms with Crippen LogP contribution in [0, 0.1) is 25.2 Å². The molecule has 5 aromatic carbocycles. The van der Waals surface area contributed by atoms with E-state index < -0.39 is 76.8 Å². The number of carbonyl (C=O) groups is 4. The van der Waals surface area contributed by atoms with Gasteiger partial charge in [0.1, 0.15) is 28.4 Å². The summed E-state index contributed by atoms with van der Waals surface area (Å²) in [5.41, 5.74) is 3.03. The van der Waals surface area contributed by atoms with E-state index in [0.29, 0.717) is 66.6 Å². The third-order valence-electron chi connectivity index (χ3n) is 19.4. The van der Waals surface area contributed by atoms with Crippen LogP contribution in [0.3, 0.4) is 0 Å². The number of allylic oxidation sites excluding steroid dienone is 1. The fraction of sp³-hybridized carbons (Fsp3) is 0.432. The number of carbonyl (C=O) groups excluding carboxylic acids is 4. The van der Waals surface area contributed by atoms with Crippen LogP contribution in [0.15, 0.2) is 152 Å². The number of aryl methyl sites for hydroxylation is 2. The quantitative estimate of drug-likeness (QED) is 0.0367. The normalized spacial score (nSPS) is 18.4. The van der Waals surface area contributed by atoms with Crippen molar-refractivity contribution in [3.63, 3.8) is 0 Å². The number of thioether (sulfide) groups is 1. The highest BCUT2D eigenvalue weighted by atomic mass is 35.5. The van der Waals surface area contributed by atoms with E-state index in [2.05, 4.69) is 61.5 Å². The average molecular weight is 1510 g/mol. The highest BCUT2D eigenvalue weighted by Crippen LogP contribution is 2.44. The lowest BCUT2D eigenvalue weighted by Gasteiger charge is -2.39. The van der Waals surface area contributed by atoms with Crippen molar-refractivity contribution in [3.8, 4) is 16.2 Å². The number of hydrogen-bond acceptors (Lipinski definition) is 19. The predicted octanol–water partition coefficient (Wildman–Crippen LogP) is 11.5. The molecular formula is C74H86ClF3N10O11S4. The number of aliphatic hydroxyl groups is 1. The van der Waals surface area contributed by atoms with E-state index in [0.717, 1.165) is 77.7 Å². The molecule has 3 aliphatic heterocycles. The maximum Gasteiger partial charge on any atom is 0.501 e. The van der Waals surface area contributed by atoms with Gasteiger partial charge in [0.25, 0.3) is 31.7 Å². The number of aliphatic hydroxyl groups excluding tert-OH is 1. The Bertz CT molecular complexity index is 4450. The highest BCUT2D eigenvalue weighted by molar-refractivity contribution is 7.99. The fourth-order valence-electron chi connectivity index (χ4n) is 13.7. The molecule has 103 heavy (non-hydrogen) atoms. The average Bonchev–Trinajstić information content (AvgIpc) is 1.40. The fourth-order valence-corrected chi connectivity index (χ4v) is 17.7. The Hall–Kier alpha value is -7.83. The van der Waals surface area contributed by atoms with Crippen LogP contribution in [0.1, 0.15) is 104 Å². The van der Waals surface area contributed by atoms with Gasteiger partial charge in [0, 0.05) is 130 Å². The third kappa shape index (κ3) is 18.8. The first kappa shape index (κ1) is 76.3. The van der Waals surface area contributed by atoms with E-state index in [-0.39, 0.29) is 80.1 Å². The minimum absolute atomic E-state index is 0.0237. The zero-order valence-corrected chi connectivity index (χ0v) is 62.3. The van der Waals surface area contributed by atoms with Gasteiger partial charge < -0.3 is 39.7 Å². The number of aromatic nitrogens is 2. The Morgan fingerprint density at radius 1 is 0.854 bits per heavy atom. The van der Waals surface area contributed by atoms with Gasteiger partial charge in [0.05, 0.1) is 38.5 Å². The van der Waals surface area contributed by atoms with Crippen molar-refractivity contribution in [2.45, 2.75) is 124 Å². The molecule has 550 valence electrons. The molecule has 2 aromatic heterocycles. The SMILES string of the molecule is Cc1cc([C@@H](C(=O)N2C[C@H](O)C[C@H]2C(=O)NCc2ccc(-c3scnc3C)cc2OCC(=O)N2CCN(CC[C@H](CSc3ccccc3)Nc3ccc(S(=O)(=O)NC(=O)c4ccc(N5CCN(CC6=C(c7ccc(Cl)cc7)CCC(C)(C)C6)CC5)cc4)cc3S(=O)(=O)C(F)(F)F)CC2)C(C)C)on1. The van der Waals surface area contributed by atoms with Gasteiger partial charge in [-0.3, -0.25) is 29.0 Å². The number of halogens is 4. The minimum atomic E-state index is -6.21. The molecule has 0 bridgehead atoms. The molecule has 0 unspecified atom stereocenters. The van der Waals surface area contributed by atoms with Crippen LogP contribution >= 0.6 is 34.7 Å². The molecule has 4 amide bonds. The van der Waals surface area contributed by atoms with Gasteiger partial charge >= 0.3 is 5.51 Å². The zero-order valence-electron chi connectivity index (χ0n) is 58.3. The molecule has 0 saturated carbocycles. The van der Waals surface area contributed by atoms with E-state index in [4.69, 9.17) is 20.9 Å². The Morgan fingerprint density at radius 2 is 1.55 bits per heavy atom. The number of nitrogens with one attached hydrogen (secondary N) is 3. The second-order valence-corrected chi connectivity index (χ2v) is 33.8. The number of ether oxygens (including phenoxy) is 1. The molecule has 11 rings (SSSR count). The molecule has 7 aromatic rings. The molecule has 4 aliphatic rings. The summed E-state index contributed by atoms with van der Waals surface area (Å²) in [6.45, 7) is 17.1. The minimum Gasteiger partial charge on any atom is -0.483 e. The summed E-state index contributed by atoms with van der Waals surface area (Å²) in [6, 6.07) is 31.3. The van der Waals surface area contributed by atoms with Gasteiger partial charge in [0.2, 0.25) is 11.8 Å². The lowest BCUT2D eigenvalue weighted by molar-refractivity contribution is -0.141. The monoisotopic (exact) mass is 1510 g/mol. The first-order valence-corrected chi connectivity index (χ1v) is 39.6. The van der Waals surface area contributed by atoms with E-state index in [1.807, 2.05) is 74.0 Å². The van der Waals surface area contributed by atoms with E-state index in [1.165, 1.54) is 56.8 Å². The first-order valence-electron chi connectivity index (χ1n) is 34.4. The van der Waals surface area contributed by atoms with Gasteiger partial charge in [-0.25, -0.2) is 26.5 Å². The van der Waals surface area contributed by atoms with Crippen LogP contribution in [-0.2, 0) is 40.8 Å². The highest BCUT2D eigenvalue weighted by Gasteiger charge is 2.49. The van der Waals surface area contributed by atoms with E-state index in [9.17, 15) is 54.3 Å². The molecule has 1 aliphatic carbocycles. The Morgan fingerprint density at radius 3 is 2.21 bits per heavy atom. The third-order valence-corrected chi connectivity index (χ3v) is 24.7. The van der Waals surface area contributed by atoms with Crippen molar-refractivity contribution in [2.75, 3.05) is 94.6 Å². The van der Waals surface area contributed by atoms with Crippen LogP contribution in [0.5, 0.6) is 5.75 Å². The lowest BCUT2D eigenvalue weighted by Crippen LogP contribution is -2.50. The number of hydrogen-bond donors (Lipinski definition) is 4. The summed E-state index contributed by atoms with van der Waals surface area (Å²) in [4.78, 5) is 69.4. The van der Waals surface area contributed by atoms with Crippen molar-refractivity contribution < 1.29 is 63.6 Å². The predicted molar refractivity (Wildman–Crippen MR) is 392 cm³/mol. The number of rotatable bonds is 26. The summed E-state index contributed by atoms with van der Waals surface area (Å²) in [7, 11) is -11.2. The largest absolute Gasteiger partial charge is 0.501 e. The number of β-amino-alcohol motifs (C(OH)–C–C–N with tert-alkyl or cyclic N) is 1.